The number of nitrogens with one attached hydrogen (secondary N) is 1. The van der Waals surface area contributed by atoms with Crippen LogP contribution in [-0.2, 0) is 16.6 Å². The van der Waals surface area contributed by atoms with Gasteiger partial charge in [0.05, 0.1) is 16.3 Å². The number of amides is 2. The Morgan fingerprint density at radius 1 is 1.06 bits per heavy atom. The molecule has 3 aromatic rings. The van der Waals surface area contributed by atoms with E-state index in [9.17, 15) is 14.4 Å². The maximum Gasteiger partial charge on any atom is 0.295 e. The third-order valence-corrected chi connectivity index (χ3v) is 6.73. The number of benzene rings is 2. The van der Waals surface area contributed by atoms with Gasteiger partial charge < -0.3 is 5.32 Å². The van der Waals surface area contributed by atoms with Gasteiger partial charge in [-0.3, -0.25) is 24.0 Å². The SMILES string of the molecule is Cc1c(NC(=O)CN2C(=O)/C(=C/C=C/c3ccccc3)SC2=S)c(=O)n(-c2ccccc2)n1C. The molecular weight excluding hydrogens is 468 g/mol. The minimum Gasteiger partial charge on any atom is -0.318 e. The highest BCUT2D eigenvalue weighted by atomic mass is 32.2. The molecule has 0 saturated carbocycles. The maximum absolute atomic E-state index is 13.0. The summed E-state index contributed by atoms with van der Waals surface area (Å²) >= 11 is 6.46. The van der Waals surface area contributed by atoms with Crippen LogP contribution in [0.4, 0.5) is 5.69 Å². The van der Waals surface area contributed by atoms with Crippen LogP contribution in [0.3, 0.4) is 0 Å². The molecule has 2 amide bonds. The number of anilines is 1. The number of nitrogens with zero attached hydrogens (tertiary/aromatic N) is 3. The Morgan fingerprint density at radius 2 is 1.71 bits per heavy atom. The number of hydrogen-bond donors (Lipinski definition) is 1. The fourth-order valence-corrected chi connectivity index (χ4v) is 4.70. The number of para-hydroxylation sites is 1. The second kappa shape index (κ2) is 10.1. The van der Waals surface area contributed by atoms with Gasteiger partial charge in [-0.1, -0.05) is 84.7 Å². The quantitative estimate of drug-likeness (QED) is 0.419. The molecule has 0 spiro atoms. The summed E-state index contributed by atoms with van der Waals surface area (Å²) in [6.07, 6.45) is 5.35. The molecule has 172 valence electrons. The van der Waals surface area contributed by atoms with E-state index in [1.807, 2.05) is 66.7 Å². The summed E-state index contributed by atoms with van der Waals surface area (Å²) in [5.41, 5.74) is 2.11. The van der Waals surface area contributed by atoms with Crippen molar-refractivity contribution in [3.8, 4) is 5.69 Å². The standard InChI is InChI=1S/C25H22N4O3S2/c1-17-22(24(32)29(27(17)2)19-13-7-4-8-14-19)26-21(30)16-28-23(31)20(34-25(28)33)15-9-12-18-10-5-3-6-11-18/h3-15H,16H2,1-2H3,(H,26,30)/b12-9+,20-15-. The topological polar surface area (TPSA) is 76.3 Å². The lowest BCUT2D eigenvalue weighted by Crippen LogP contribution is -2.37. The van der Waals surface area contributed by atoms with Crippen molar-refractivity contribution in [2.45, 2.75) is 6.92 Å². The molecule has 1 fully saturated rings. The Bertz CT molecular complexity index is 1370. The second-order valence-corrected chi connectivity index (χ2v) is 9.22. The lowest BCUT2D eigenvalue weighted by Gasteiger charge is -2.13. The van der Waals surface area contributed by atoms with Crippen molar-refractivity contribution in [2.24, 2.45) is 7.05 Å². The van der Waals surface area contributed by atoms with Gasteiger partial charge in [0.15, 0.2) is 0 Å². The number of carbonyl (C=O) groups excluding carboxylic acids is 2. The minimum atomic E-state index is -0.497. The van der Waals surface area contributed by atoms with E-state index in [-0.39, 0.29) is 23.7 Å². The number of allylic oxidation sites excluding steroid dienone is 2. The van der Waals surface area contributed by atoms with Crippen LogP contribution < -0.4 is 10.9 Å². The van der Waals surface area contributed by atoms with E-state index in [1.165, 1.54) is 9.58 Å². The molecule has 34 heavy (non-hydrogen) atoms. The van der Waals surface area contributed by atoms with Crippen molar-refractivity contribution in [3.63, 3.8) is 0 Å². The Kier molecular flexibility index (Phi) is 6.95. The summed E-state index contributed by atoms with van der Waals surface area (Å²) in [7, 11) is 1.75. The van der Waals surface area contributed by atoms with Crippen LogP contribution in [0, 0.1) is 6.92 Å². The lowest BCUT2D eigenvalue weighted by atomic mass is 10.2. The molecule has 4 rings (SSSR count). The Balaban J connectivity index is 1.47. The molecule has 0 radical (unpaired) electrons. The Labute approximate surface area is 206 Å². The highest BCUT2D eigenvalue weighted by Crippen LogP contribution is 2.31. The predicted molar refractivity (Wildman–Crippen MR) is 140 cm³/mol. The first-order valence-corrected chi connectivity index (χ1v) is 11.7. The van der Waals surface area contributed by atoms with Crippen molar-refractivity contribution < 1.29 is 9.59 Å². The fourth-order valence-electron chi connectivity index (χ4n) is 3.50. The first kappa shape index (κ1) is 23.5. The maximum atomic E-state index is 13.0. The molecule has 1 aliphatic heterocycles. The van der Waals surface area contributed by atoms with Gasteiger partial charge in [-0.25, -0.2) is 4.68 Å². The molecule has 7 nitrogen and oxygen atoms in total. The number of aromatic nitrogens is 2. The van der Waals surface area contributed by atoms with Gasteiger partial charge in [0.25, 0.3) is 11.5 Å². The van der Waals surface area contributed by atoms with Gasteiger partial charge >= 0.3 is 0 Å². The monoisotopic (exact) mass is 490 g/mol. The van der Waals surface area contributed by atoms with Crippen molar-refractivity contribution in [3.05, 3.63) is 99.3 Å². The molecular formula is C25H22N4O3S2. The highest BCUT2D eigenvalue weighted by molar-refractivity contribution is 8.26. The van der Waals surface area contributed by atoms with Crippen LogP contribution in [0.1, 0.15) is 11.3 Å². The van der Waals surface area contributed by atoms with E-state index in [0.717, 1.165) is 17.3 Å². The summed E-state index contributed by atoms with van der Waals surface area (Å²) in [5.74, 6) is -0.835. The molecule has 1 aliphatic rings. The summed E-state index contributed by atoms with van der Waals surface area (Å²) in [5, 5.41) is 2.67. The summed E-state index contributed by atoms with van der Waals surface area (Å²) < 4.78 is 3.45. The van der Waals surface area contributed by atoms with E-state index in [4.69, 9.17) is 12.2 Å². The Morgan fingerprint density at radius 3 is 2.38 bits per heavy atom. The minimum absolute atomic E-state index is 0.170. The van der Waals surface area contributed by atoms with Gasteiger partial charge in [0.2, 0.25) is 5.91 Å². The van der Waals surface area contributed by atoms with Gasteiger partial charge in [-0.15, -0.1) is 0 Å². The normalized spacial score (nSPS) is 15.0. The number of thioether (sulfide) groups is 1. The molecule has 1 saturated heterocycles. The van der Waals surface area contributed by atoms with Gasteiger partial charge in [0, 0.05) is 7.05 Å². The van der Waals surface area contributed by atoms with E-state index in [2.05, 4.69) is 5.32 Å². The van der Waals surface area contributed by atoms with Gasteiger partial charge in [-0.05, 0) is 30.7 Å². The van der Waals surface area contributed by atoms with Crippen molar-refractivity contribution >= 4 is 51.9 Å². The molecule has 0 aliphatic carbocycles. The van der Waals surface area contributed by atoms with E-state index < -0.39 is 5.91 Å². The number of hydrogen-bond acceptors (Lipinski definition) is 5. The van der Waals surface area contributed by atoms with Gasteiger partial charge in [0.1, 0.15) is 16.6 Å². The van der Waals surface area contributed by atoms with Crippen LogP contribution in [0.15, 0.2) is 82.5 Å². The molecule has 0 bridgehead atoms. The Hall–Kier alpha value is -3.69. The molecule has 1 N–H and O–H groups in total. The highest BCUT2D eigenvalue weighted by Gasteiger charge is 2.33. The predicted octanol–water partition coefficient (Wildman–Crippen LogP) is 3.88. The average Bonchev–Trinajstić information content (AvgIpc) is 3.22. The van der Waals surface area contributed by atoms with Crippen molar-refractivity contribution in [2.75, 3.05) is 11.9 Å². The molecule has 1 aromatic heterocycles. The van der Waals surface area contributed by atoms with Crippen LogP contribution >= 0.6 is 24.0 Å². The largest absolute Gasteiger partial charge is 0.318 e. The molecule has 0 unspecified atom stereocenters. The van der Waals surface area contributed by atoms with E-state index in [0.29, 0.717) is 20.6 Å². The van der Waals surface area contributed by atoms with Crippen molar-refractivity contribution in [1.29, 1.82) is 0 Å². The molecule has 2 heterocycles. The van der Waals surface area contributed by atoms with Crippen LogP contribution in [0.5, 0.6) is 0 Å². The smallest absolute Gasteiger partial charge is 0.295 e. The van der Waals surface area contributed by atoms with Crippen LogP contribution in [-0.4, -0.2) is 36.9 Å². The average molecular weight is 491 g/mol. The molecule has 2 aromatic carbocycles. The second-order valence-electron chi connectivity index (χ2n) is 7.54. The first-order chi connectivity index (χ1) is 16.4. The number of rotatable bonds is 6. The summed E-state index contributed by atoms with van der Waals surface area (Å²) in [4.78, 5) is 40.2. The summed E-state index contributed by atoms with van der Waals surface area (Å²) in [6.45, 7) is 1.47. The third kappa shape index (κ3) is 4.80. The molecule has 9 heteroatoms. The van der Waals surface area contributed by atoms with Crippen molar-refractivity contribution in [1.82, 2.24) is 14.3 Å². The zero-order valence-corrected chi connectivity index (χ0v) is 20.2. The summed E-state index contributed by atoms with van der Waals surface area (Å²) in [6, 6.07) is 18.9. The fraction of sp³-hybridized carbons (Fsp3) is 0.120. The zero-order chi connectivity index (χ0) is 24.2. The van der Waals surface area contributed by atoms with Crippen LogP contribution in [0.25, 0.3) is 11.8 Å². The van der Waals surface area contributed by atoms with Crippen LogP contribution in [0.2, 0.25) is 0 Å². The number of thiocarbonyl (C=S) groups is 1. The zero-order valence-electron chi connectivity index (χ0n) is 18.6. The lowest BCUT2D eigenvalue weighted by molar-refractivity contribution is -0.126. The first-order valence-electron chi connectivity index (χ1n) is 10.5. The molecule has 0 atom stereocenters. The van der Waals surface area contributed by atoms with E-state index >= 15 is 0 Å². The third-order valence-electron chi connectivity index (χ3n) is 5.33. The number of carbonyl (C=O) groups is 2. The van der Waals surface area contributed by atoms with Gasteiger partial charge in [-0.2, -0.15) is 0 Å². The van der Waals surface area contributed by atoms with E-state index in [1.54, 1.807) is 30.8 Å².